The number of amides is 2. The first-order valence-corrected chi connectivity index (χ1v) is 13.4. The maximum absolute atomic E-state index is 13.6. The fourth-order valence-corrected chi connectivity index (χ4v) is 5.63. The molecule has 4 rings (SSSR count). The molecule has 2 fully saturated rings. The van der Waals surface area contributed by atoms with Gasteiger partial charge in [-0.25, -0.2) is 0 Å². The number of pyridine rings is 1. The molecule has 8 heteroatoms. The van der Waals surface area contributed by atoms with E-state index in [0.29, 0.717) is 37.5 Å². The second-order valence-electron chi connectivity index (χ2n) is 10.0. The Labute approximate surface area is 219 Å². The third-order valence-electron chi connectivity index (χ3n) is 7.66. The zero-order chi connectivity index (χ0) is 25.5. The molecular weight excluding hydrogens is 476 g/mol. The highest BCUT2D eigenvalue weighted by Crippen LogP contribution is 2.31. The molecule has 1 unspecified atom stereocenters. The Morgan fingerprint density at radius 1 is 1.08 bits per heavy atom. The fraction of sp³-hybridized carbons (Fsp3) is 0.536. The van der Waals surface area contributed by atoms with E-state index in [-0.39, 0.29) is 23.7 Å². The number of benzene rings is 1. The van der Waals surface area contributed by atoms with Crippen molar-refractivity contribution in [2.24, 2.45) is 11.8 Å². The second kappa shape index (κ2) is 12.7. The smallest absolute Gasteiger partial charge is 0.230 e. The third kappa shape index (κ3) is 6.84. The molecule has 3 heterocycles. The number of halogens is 1. The van der Waals surface area contributed by atoms with Crippen LogP contribution in [0.25, 0.3) is 0 Å². The van der Waals surface area contributed by atoms with E-state index in [1.807, 2.05) is 46.2 Å². The van der Waals surface area contributed by atoms with Gasteiger partial charge in [-0.3, -0.25) is 14.6 Å². The van der Waals surface area contributed by atoms with Gasteiger partial charge < -0.3 is 19.8 Å². The predicted molar refractivity (Wildman–Crippen MR) is 142 cm³/mol. The van der Waals surface area contributed by atoms with Gasteiger partial charge in [0.15, 0.2) is 0 Å². The fourth-order valence-electron chi connectivity index (χ4n) is 5.45. The molecule has 1 aromatic heterocycles. The Morgan fingerprint density at radius 2 is 1.78 bits per heavy atom. The van der Waals surface area contributed by atoms with E-state index in [2.05, 4.69) is 9.88 Å². The molecule has 36 heavy (non-hydrogen) atoms. The number of rotatable bonds is 8. The lowest BCUT2D eigenvalue weighted by Crippen LogP contribution is -2.45. The summed E-state index contributed by atoms with van der Waals surface area (Å²) in [5.74, 6) is 0.378. The number of aliphatic hydroxyl groups excluding tert-OH is 1. The van der Waals surface area contributed by atoms with Crippen LogP contribution in [-0.4, -0.2) is 71.0 Å². The van der Waals surface area contributed by atoms with E-state index in [4.69, 9.17) is 11.6 Å². The van der Waals surface area contributed by atoms with Crippen molar-refractivity contribution in [1.82, 2.24) is 14.8 Å². The lowest BCUT2D eigenvalue weighted by molar-refractivity contribution is -0.133. The van der Waals surface area contributed by atoms with Gasteiger partial charge >= 0.3 is 0 Å². The quantitative estimate of drug-likeness (QED) is 0.574. The van der Waals surface area contributed by atoms with Crippen LogP contribution >= 0.6 is 11.6 Å². The lowest BCUT2D eigenvalue weighted by atomic mass is 9.88. The van der Waals surface area contributed by atoms with Gasteiger partial charge in [-0.05, 0) is 93.6 Å². The Balaban J connectivity index is 1.31. The zero-order valence-electron chi connectivity index (χ0n) is 21.1. The average Bonchev–Trinajstić information content (AvgIpc) is 2.91. The number of piperidine rings is 2. The molecular formula is C28H37ClN4O3. The van der Waals surface area contributed by atoms with Crippen LogP contribution in [0.15, 0.2) is 48.8 Å². The molecule has 0 bridgehead atoms. The molecule has 0 aliphatic carbocycles. The van der Waals surface area contributed by atoms with Crippen molar-refractivity contribution in [2.45, 2.75) is 45.1 Å². The summed E-state index contributed by atoms with van der Waals surface area (Å²) in [5, 5.41) is 11.4. The SMILES string of the molecule is CC(=O)N1CCC(C(=O)N(CCCN2CCC(C(O)c3ccncc3)CC2)c2cccc(Cl)c2)CC1. The van der Waals surface area contributed by atoms with E-state index in [9.17, 15) is 14.7 Å². The minimum atomic E-state index is -0.444. The van der Waals surface area contributed by atoms with Crippen LogP contribution in [0.3, 0.4) is 0 Å². The number of nitrogens with zero attached hydrogens (tertiary/aromatic N) is 4. The van der Waals surface area contributed by atoms with Gasteiger partial charge in [0.1, 0.15) is 0 Å². The summed E-state index contributed by atoms with van der Waals surface area (Å²) in [4.78, 5) is 35.4. The number of hydrogen-bond acceptors (Lipinski definition) is 5. The molecule has 194 valence electrons. The summed E-state index contributed by atoms with van der Waals surface area (Å²) < 4.78 is 0. The van der Waals surface area contributed by atoms with Crippen LogP contribution < -0.4 is 4.90 Å². The lowest BCUT2D eigenvalue weighted by Gasteiger charge is -2.36. The van der Waals surface area contributed by atoms with Crippen LogP contribution in [0.1, 0.15) is 50.7 Å². The van der Waals surface area contributed by atoms with Crippen LogP contribution in [0.2, 0.25) is 5.02 Å². The Hall–Kier alpha value is -2.48. The van der Waals surface area contributed by atoms with E-state index >= 15 is 0 Å². The summed E-state index contributed by atoms with van der Waals surface area (Å²) in [6, 6.07) is 11.3. The number of aliphatic hydroxyl groups is 1. The minimum absolute atomic E-state index is 0.0738. The summed E-state index contributed by atoms with van der Waals surface area (Å²) in [6.07, 6.45) is 7.18. The van der Waals surface area contributed by atoms with Gasteiger partial charge in [0.2, 0.25) is 11.8 Å². The molecule has 0 spiro atoms. The molecule has 1 N–H and O–H groups in total. The van der Waals surface area contributed by atoms with Gasteiger partial charge in [0, 0.05) is 55.6 Å². The maximum Gasteiger partial charge on any atom is 0.230 e. The Kier molecular flexibility index (Phi) is 9.35. The highest BCUT2D eigenvalue weighted by atomic mass is 35.5. The van der Waals surface area contributed by atoms with Crippen molar-refractivity contribution in [3.05, 3.63) is 59.4 Å². The first kappa shape index (κ1) is 26.6. The van der Waals surface area contributed by atoms with E-state index in [1.54, 1.807) is 19.3 Å². The normalized spacial score (nSPS) is 18.7. The van der Waals surface area contributed by atoms with Gasteiger partial charge in [-0.2, -0.15) is 0 Å². The molecule has 7 nitrogen and oxygen atoms in total. The first-order valence-electron chi connectivity index (χ1n) is 13.0. The first-order chi connectivity index (χ1) is 17.4. The van der Waals surface area contributed by atoms with Crippen LogP contribution in [0.5, 0.6) is 0 Å². The second-order valence-corrected chi connectivity index (χ2v) is 10.4. The predicted octanol–water partition coefficient (Wildman–Crippen LogP) is 4.16. The topological polar surface area (TPSA) is 77.0 Å². The Morgan fingerprint density at radius 3 is 2.42 bits per heavy atom. The van der Waals surface area contributed by atoms with Crippen molar-refractivity contribution >= 4 is 29.1 Å². The van der Waals surface area contributed by atoms with Crippen LogP contribution in [-0.2, 0) is 9.59 Å². The number of carbonyl (C=O) groups excluding carboxylic acids is 2. The molecule has 2 aliphatic heterocycles. The average molecular weight is 513 g/mol. The van der Waals surface area contributed by atoms with E-state index in [1.165, 1.54) is 0 Å². The van der Waals surface area contributed by atoms with E-state index < -0.39 is 6.10 Å². The Bertz CT molecular complexity index is 1000. The molecule has 1 aromatic carbocycles. The van der Waals surface area contributed by atoms with Crippen LogP contribution in [0.4, 0.5) is 5.69 Å². The third-order valence-corrected chi connectivity index (χ3v) is 7.89. The molecule has 2 aromatic rings. The van der Waals surface area contributed by atoms with Crippen molar-refractivity contribution in [2.75, 3.05) is 44.2 Å². The summed E-state index contributed by atoms with van der Waals surface area (Å²) >= 11 is 6.26. The summed E-state index contributed by atoms with van der Waals surface area (Å²) in [5.41, 5.74) is 1.77. The monoisotopic (exact) mass is 512 g/mol. The molecule has 2 amide bonds. The molecule has 2 saturated heterocycles. The number of anilines is 1. The van der Waals surface area contributed by atoms with E-state index in [0.717, 1.165) is 50.1 Å². The van der Waals surface area contributed by atoms with Gasteiger partial charge in [0.05, 0.1) is 6.10 Å². The van der Waals surface area contributed by atoms with Gasteiger partial charge in [0.25, 0.3) is 0 Å². The molecule has 2 aliphatic rings. The number of carbonyl (C=O) groups is 2. The van der Waals surface area contributed by atoms with Crippen LogP contribution in [0, 0.1) is 11.8 Å². The van der Waals surface area contributed by atoms with Crippen molar-refractivity contribution in [3.8, 4) is 0 Å². The van der Waals surface area contributed by atoms with Gasteiger partial charge in [-0.1, -0.05) is 17.7 Å². The highest BCUT2D eigenvalue weighted by Gasteiger charge is 2.31. The van der Waals surface area contributed by atoms with Crippen molar-refractivity contribution in [1.29, 1.82) is 0 Å². The van der Waals surface area contributed by atoms with Gasteiger partial charge in [-0.15, -0.1) is 0 Å². The molecule has 1 atom stereocenters. The van der Waals surface area contributed by atoms with Crippen molar-refractivity contribution < 1.29 is 14.7 Å². The number of hydrogen-bond donors (Lipinski definition) is 1. The largest absolute Gasteiger partial charge is 0.388 e. The summed E-state index contributed by atoms with van der Waals surface area (Å²) in [6.45, 7) is 6.29. The maximum atomic E-state index is 13.6. The zero-order valence-corrected chi connectivity index (χ0v) is 21.8. The molecule has 0 radical (unpaired) electrons. The molecule has 0 saturated carbocycles. The highest BCUT2D eigenvalue weighted by molar-refractivity contribution is 6.30. The standard InChI is InChI=1S/C28H37ClN4O3/c1-21(34)32-18-10-24(11-19-32)28(36)33(26-5-2-4-25(29)20-26)15-3-14-31-16-8-23(9-17-31)27(35)22-6-12-30-13-7-22/h2,4-7,12-13,20,23-24,27,35H,3,8-11,14-19H2,1H3. The number of likely N-dealkylation sites (tertiary alicyclic amines) is 2. The minimum Gasteiger partial charge on any atom is -0.388 e. The summed E-state index contributed by atoms with van der Waals surface area (Å²) in [7, 11) is 0. The number of aromatic nitrogens is 1. The van der Waals surface area contributed by atoms with Crippen molar-refractivity contribution in [3.63, 3.8) is 0 Å².